The Bertz CT molecular complexity index is 2250. The van der Waals surface area contributed by atoms with Crippen LogP contribution >= 0.6 is 0 Å². The van der Waals surface area contributed by atoms with Gasteiger partial charge in [0.25, 0.3) is 11.7 Å². The highest BCUT2D eigenvalue weighted by molar-refractivity contribution is 5.89. The van der Waals surface area contributed by atoms with Crippen molar-refractivity contribution in [2.24, 2.45) is 11.5 Å². The second-order valence-electron chi connectivity index (χ2n) is 15.8. The lowest BCUT2D eigenvalue weighted by Crippen LogP contribution is -2.74. The van der Waals surface area contributed by atoms with E-state index < -0.39 is 176 Å². The van der Waals surface area contributed by atoms with Gasteiger partial charge in [-0.15, -0.1) is 0 Å². The number of methoxy groups -OCH3 is 1. The largest absolute Gasteiger partial charge is 0.490 e. The van der Waals surface area contributed by atoms with Gasteiger partial charge >= 0.3 is 77.8 Å². The molecule has 1 aromatic rings. The van der Waals surface area contributed by atoms with Crippen molar-refractivity contribution >= 4 is 65.6 Å². The number of alkyl halides is 6. The van der Waals surface area contributed by atoms with Crippen molar-refractivity contribution in [2.45, 2.75) is 139 Å². The Balaban J connectivity index is 0.00000120. The van der Waals surface area contributed by atoms with Crippen molar-refractivity contribution in [2.75, 3.05) is 20.3 Å². The van der Waals surface area contributed by atoms with Crippen molar-refractivity contribution in [1.82, 2.24) is 5.32 Å². The number of morpholine rings is 1. The Morgan fingerprint density at radius 3 is 1.65 bits per heavy atom. The molecule has 0 aromatic heterocycles. The van der Waals surface area contributed by atoms with Gasteiger partial charge in [0.1, 0.15) is 37.1 Å². The number of rotatable bonds is 14. The third-order valence-corrected chi connectivity index (χ3v) is 9.99. The van der Waals surface area contributed by atoms with Gasteiger partial charge < -0.3 is 79.1 Å². The van der Waals surface area contributed by atoms with Crippen LogP contribution in [0.2, 0.25) is 0 Å². The van der Waals surface area contributed by atoms with Gasteiger partial charge in [0, 0.05) is 48.1 Å². The summed E-state index contributed by atoms with van der Waals surface area (Å²) in [5.74, 6) is -19.6. The number of hydrogen-bond donors (Lipinski definition) is 5. The lowest BCUT2D eigenvalue weighted by molar-refractivity contribution is -0.341. The fraction of sp³-hybridized carbons (Fsp3) is 0.595. The second-order valence-corrected chi connectivity index (χ2v) is 15.8. The van der Waals surface area contributed by atoms with Crippen molar-refractivity contribution in [3.63, 3.8) is 0 Å². The van der Waals surface area contributed by atoms with Crippen LogP contribution in [0, 0.1) is 0 Å². The summed E-state index contributed by atoms with van der Waals surface area (Å²) in [5, 5.41) is 16.8. The number of carbonyl (C=O) groups excluding carboxylic acids is 9. The van der Waals surface area contributed by atoms with Crippen molar-refractivity contribution in [1.29, 1.82) is 0 Å². The molecule has 27 nitrogen and oxygen atoms in total. The second kappa shape index (κ2) is 26.8. The van der Waals surface area contributed by atoms with E-state index in [0.717, 1.165) is 48.7 Å². The first-order valence-corrected chi connectivity index (χ1v) is 21.3. The maximum absolute atomic E-state index is 14.0. The number of carbonyl (C=O) groups is 11. The number of hydrogen-bond acceptors (Lipinski definition) is 24. The molecule has 1 amide bonds. The summed E-state index contributed by atoms with van der Waals surface area (Å²) in [4.78, 5) is 133. The van der Waals surface area contributed by atoms with Crippen LogP contribution < -0.4 is 16.8 Å². The minimum Gasteiger partial charge on any atom is -0.475 e. The number of amides is 1. The summed E-state index contributed by atoms with van der Waals surface area (Å²) in [6.07, 6.45) is -24.9. The highest BCUT2D eigenvalue weighted by Gasteiger charge is 2.63. The summed E-state index contributed by atoms with van der Waals surface area (Å²) >= 11 is 0. The van der Waals surface area contributed by atoms with Crippen molar-refractivity contribution in [3.05, 3.63) is 35.9 Å². The van der Waals surface area contributed by atoms with Crippen LogP contribution in [0.4, 0.5) is 26.3 Å². The van der Waals surface area contributed by atoms with Gasteiger partial charge in [0.15, 0.2) is 18.3 Å². The number of carboxylic acids is 2. The molecule has 1 aromatic carbocycles. The van der Waals surface area contributed by atoms with E-state index in [2.05, 4.69) is 5.32 Å². The molecule has 3 heterocycles. The molecule has 1 spiro atoms. The van der Waals surface area contributed by atoms with Gasteiger partial charge in [-0.1, -0.05) is 18.2 Å². The summed E-state index contributed by atoms with van der Waals surface area (Å²) in [6, 6.07) is 4.67. The quantitative estimate of drug-likeness (QED) is 0.0902. The van der Waals surface area contributed by atoms with Crippen LogP contribution in [0.25, 0.3) is 0 Å². The molecule has 75 heavy (non-hydrogen) atoms. The third-order valence-electron chi connectivity index (χ3n) is 9.99. The Labute approximate surface area is 418 Å². The van der Waals surface area contributed by atoms with E-state index in [1.807, 2.05) is 0 Å². The number of aliphatic carboxylic acids is 2. The average molecular weight is 1100 g/mol. The molecule has 33 heteroatoms. The molecule has 7 N–H and O–H groups in total. The smallest absolute Gasteiger partial charge is 0.475 e. The fourth-order valence-electron chi connectivity index (χ4n) is 7.12. The summed E-state index contributed by atoms with van der Waals surface area (Å²) in [7, 11) is 0.959. The third kappa shape index (κ3) is 18.6. The van der Waals surface area contributed by atoms with Crippen molar-refractivity contribution in [3.8, 4) is 0 Å². The topological polar surface area (TPSA) is 394 Å². The Morgan fingerprint density at radius 2 is 1.20 bits per heavy atom. The highest BCUT2D eigenvalue weighted by Crippen LogP contribution is 2.41. The standard InChI is InChI=1S/C38H49N3O20.2C2HF3O2/c1-17(42)52-16-27(54-19(3)44)31(56-21(5)46)33-28(39)24(53-18(2)43)13-37(60-33)35(49)41-15-26(59-37)30(55-20(4)45)32-29(40)25(57-34(48)23-11-9-8-10-12-23)14-38(61-32,36(50)51-7)58-22(6)47;2*3-2(4,5)1(6)7/h8-12,24-33H,13-16,39-40H2,1-7H3,(H,41,49);2*(H,6,7)/t24-,25-,26+,27+,28+,29+,30+,31+,32+,33+,37+,38?;;/m0../s1. The van der Waals surface area contributed by atoms with Crippen LogP contribution in [0.15, 0.2) is 30.3 Å². The lowest BCUT2D eigenvalue weighted by atomic mass is 9.86. The average Bonchev–Trinajstić information content (AvgIpc) is 3.28. The molecule has 0 saturated carbocycles. The predicted molar refractivity (Wildman–Crippen MR) is 224 cm³/mol. The normalized spacial score (nSPS) is 26.4. The van der Waals surface area contributed by atoms with E-state index in [4.69, 9.17) is 83.4 Å². The lowest BCUT2D eigenvalue weighted by Gasteiger charge is -2.52. The predicted octanol–water partition coefficient (Wildman–Crippen LogP) is -0.355. The van der Waals surface area contributed by atoms with E-state index in [9.17, 15) is 69.5 Å². The summed E-state index contributed by atoms with van der Waals surface area (Å²) in [6.45, 7) is 4.83. The van der Waals surface area contributed by atoms with Gasteiger partial charge in [-0.2, -0.15) is 26.3 Å². The molecular formula is C42H51F6N3O24. The molecule has 1 unspecified atom stereocenters. The number of benzene rings is 1. The van der Waals surface area contributed by atoms with Gasteiger partial charge in [-0.25, -0.2) is 19.2 Å². The number of carboxylic acid groups (broad SMARTS) is 2. The minimum absolute atomic E-state index is 0.0751. The summed E-state index contributed by atoms with van der Waals surface area (Å²) in [5.41, 5.74) is 13.3. The molecule has 420 valence electrons. The molecule has 0 radical (unpaired) electrons. The number of halogens is 6. The molecule has 0 bridgehead atoms. The zero-order valence-electron chi connectivity index (χ0n) is 40.3. The van der Waals surface area contributed by atoms with E-state index in [1.165, 1.54) is 12.1 Å². The Kier molecular flexibility index (Phi) is 22.8. The first kappa shape index (κ1) is 63.9. The maximum Gasteiger partial charge on any atom is 0.490 e. The van der Waals surface area contributed by atoms with Crippen LogP contribution in [0.1, 0.15) is 64.7 Å². The van der Waals surface area contributed by atoms with Crippen LogP contribution in [0.5, 0.6) is 0 Å². The van der Waals surface area contributed by atoms with Crippen LogP contribution in [-0.2, 0) is 100 Å². The van der Waals surface area contributed by atoms with E-state index >= 15 is 0 Å². The first-order chi connectivity index (χ1) is 34.5. The van der Waals surface area contributed by atoms with Gasteiger partial charge in [-0.05, 0) is 12.1 Å². The number of nitrogens with one attached hydrogen (secondary N) is 1. The minimum atomic E-state index is -5.08. The van der Waals surface area contributed by atoms with Gasteiger partial charge in [-0.3, -0.25) is 33.6 Å². The number of ether oxygens (including phenoxy) is 11. The molecule has 3 aliphatic rings. The van der Waals surface area contributed by atoms with E-state index in [-0.39, 0.29) is 5.56 Å². The molecule has 4 rings (SSSR count). The van der Waals surface area contributed by atoms with Gasteiger partial charge in [0.05, 0.1) is 37.6 Å². The molecule has 3 aliphatic heterocycles. The van der Waals surface area contributed by atoms with Gasteiger partial charge in [0.2, 0.25) is 0 Å². The molecular weight excluding hydrogens is 1040 g/mol. The summed E-state index contributed by atoms with van der Waals surface area (Å²) < 4.78 is 125. The Morgan fingerprint density at radius 1 is 0.693 bits per heavy atom. The fourth-order valence-corrected chi connectivity index (χ4v) is 7.12. The first-order valence-electron chi connectivity index (χ1n) is 21.3. The van der Waals surface area contributed by atoms with Crippen LogP contribution in [0.3, 0.4) is 0 Å². The highest BCUT2D eigenvalue weighted by atomic mass is 19.4. The molecule has 0 aliphatic carbocycles. The number of esters is 8. The zero-order valence-corrected chi connectivity index (χ0v) is 40.3. The van der Waals surface area contributed by atoms with Crippen molar-refractivity contribution < 1.29 is 141 Å². The molecule has 3 saturated heterocycles. The SMILES string of the molecule is COC(=O)C1(OC(C)=O)C[C@H](OC(=O)c2ccccc2)[C@@H](N)[C@H]([C@H](OC(C)=O)[C@H]2CNC(=O)[C@]3(C[C@H](OC(C)=O)[C@@H](N)[C@H]([C@H](OC(C)=O)[C@@H](COC(C)=O)OC(C)=O)O3)O2)O1.O=C(O)C(F)(F)F.O=C(O)C(F)(F)F. The number of nitrogens with two attached hydrogens (primary N) is 2. The zero-order chi connectivity index (χ0) is 57.6. The van der Waals surface area contributed by atoms with Crippen LogP contribution in [-0.4, -0.2) is 181 Å². The molecule has 12 atom stereocenters. The maximum atomic E-state index is 14.0. The Hall–Kier alpha value is -7.23. The van der Waals surface area contributed by atoms with E-state index in [0.29, 0.717) is 0 Å². The van der Waals surface area contributed by atoms with E-state index in [1.54, 1.807) is 18.2 Å². The monoisotopic (exact) mass is 1100 g/mol. The molecule has 3 fully saturated rings.